The molecule has 1 N–H and O–H groups in total. The maximum absolute atomic E-state index is 11.2. The van der Waals surface area contributed by atoms with Crippen molar-refractivity contribution >= 4 is 5.97 Å². The van der Waals surface area contributed by atoms with E-state index >= 15 is 0 Å². The van der Waals surface area contributed by atoms with Crippen LogP contribution < -0.4 is 10.5 Å². The third-order valence-corrected chi connectivity index (χ3v) is 2.56. The van der Waals surface area contributed by atoms with Gasteiger partial charge in [-0.1, -0.05) is 17.3 Å². The van der Waals surface area contributed by atoms with E-state index < -0.39 is 11.7 Å². The lowest BCUT2D eigenvalue weighted by Gasteiger charge is -2.08. The van der Waals surface area contributed by atoms with E-state index in [1.807, 2.05) is 0 Å². The van der Waals surface area contributed by atoms with Crippen LogP contribution in [0.15, 0.2) is 33.6 Å². The van der Waals surface area contributed by atoms with Crippen LogP contribution >= 0.6 is 0 Å². The quantitative estimate of drug-likeness (QED) is 0.862. The number of aromatic carboxylic acids is 1. The summed E-state index contributed by atoms with van der Waals surface area (Å²) in [5, 5.41) is 12.5. The van der Waals surface area contributed by atoms with Crippen LogP contribution in [0.5, 0.6) is 5.75 Å². The molecule has 0 aliphatic heterocycles. The highest BCUT2D eigenvalue weighted by Crippen LogP contribution is 2.17. The molecule has 7 nitrogen and oxygen atoms in total. The number of rotatable bonds is 5. The number of aryl methyl sites for hydroxylation is 1. The minimum atomic E-state index is -1.06. The Labute approximate surface area is 108 Å². The van der Waals surface area contributed by atoms with Crippen LogP contribution in [0.25, 0.3) is 0 Å². The number of benzene rings is 1. The maximum atomic E-state index is 11.2. The van der Waals surface area contributed by atoms with Crippen molar-refractivity contribution in [2.45, 2.75) is 13.5 Å². The SMILES string of the molecule is Cc1noc(=O)n1CCOc1ccccc1C(=O)O. The van der Waals surface area contributed by atoms with E-state index in [-0.39, 0.29) is 24.5 Å². The number of carboxylic acid groups (broad SMARTS) is 1. The normalized spacial score (nSPS) is 10.4. The van der Waals surface area contributed by atoms with Gasteiger partial charge in [-0.25, -0.2) is 9.59 Å². The van der Waals surface area contributed by atoms with Crippen LogP contribution in [0.2, 0.25) is 0 Å². The molecule has 19 heavy (non-hydrogen) atoms. The van der Waals surface area contributed by atoms with Crippen molar-refractivity contribution in [1.82, 2.24) is 9.72 Å². The van der Waals surface area contributed by atoms with Gasteiger partial charge in [0, 0.05) is 0 Å². The Morgan fingerprint density at radius 3 is 2.84 bits per heavy atom. The van der Waals surface area contributed by atoms with Crippen molar-refractivity contribution in [2.75, 3.05) is 6.61 Å². The lowest BCUT2D eigenvalue weighted by Crippen LogP contribution is -2.20. The molecule has 7 heteroatoms. The predicted octanol–water partition coefficient (Wildman–Crippen LogP) is 0.922. The molecular weight excluding hydrogens is 252 g/mol. The standard InChI is InChI=1S/C12H12N2O5/c1-8-13-19-12(17)14(8)6-7-18-10-5-3-2-4-9(10)11(15)16/h2-5H,6-7H2,1H3,(H,15,16). The fraction of sp³-hybridized carbons (Fsp3) is 0.250. The maximum Gasteiger partial charge on any atom is 0.441 e. The van der Waals surface area contributed by atoms with Crippen molar-refractivity contribution in [2.24, 2.45) is 0 Å². The number of carbonyl (C=O) groups is 1. The first-order valence-electron chi connectivity index (χ1n) is 5.58. The summed E-state index contributed by atoms with van der Waals surface area (Å²) in [5.74, 6) is -0.918. The van der Waals surface area contributed by atoms with Crippen LogP contribution in [0, 0.1) is 6.92 Å². The molecule has 0 aliphatic rings. The number of carboxylic acids is 1. The number of aromatic nitrogens is 2. The highest BCUT2D eigenvalue weighted by Gasteiger charge is 2.11. The third kappa shape index (κ3) is 2.82. The van der Waals surface area contributed by atoms with E-state index in [1.54, 1.807) is 25.1 Å². The van der Waals surface area contributed by atoms with Gasteiger partial charge >= 0.3 is 11.7 Å². The Morgan fingerprint density at radius 2 is 2.21 bits per heavy atom. The van der Waals surface area contributed by atoms with E-state index in [2.05, 4.69) is 9.68 Å². The molecule has 2 rings (SSSR count). The zero-order valence-corrected chi connectivity index (χ0v) is 10.2. The summed E-state index contributed by atoms with van der Waals surface area (Å²) in [7, 11) is 0. The fourth-order valence-electron chi connectivity index (χ4n) is 1.60. The molecule has 1 aromatic heterocycles. The predicted molar refractivity (Wildman–Crippen MR) is 64.4 cm³/mol. The molecule has 0 spiro atoms. The van der Waals surface area contributed by atoms with Gasteiger partial charge in [0.1, 0.15) is 17.9 Å². The van der Waals surface area contributed by atoms with Crippen LogP contribution in [-0.2, 0) is 6.54 Å². The molecule has 0 bridgehead atoms. The summed E-state index contributed by atoms with van der Waals surface area (Å²) in [5.41, 5.74) is 0.0805. The van der Waals surface area contributed by atoms with Gasteiger partial charge in [0.25, 0.3) is 0 Å². The Hall–Kier alpha value is -2.57. The van der Waals surface area contributed by atoms with Crippen LogP contribution in [0.3, 0.4) is 0 Å². The zero-order chi connectivity index (χ0) is 13.8. The molecule has 100 valence electrons. The molecule has 0 radical (unpaired) electrons. The largest absolute Gasteiger partial charge is 0.491 e. The minimum Gasteiger partial charge on any atom is -0.491 e. The molecular formula is C12H12N2O5. The van der Waals surface area contributed by atoms with Crippen LogP contribution in [0.1, 0.15) is 16.2 Å². The van der Waals surface area contributed by atoms with Gasteiger partial charge in [0.15, 0.2) is 5.82 Å². The van der Waals surface area contributed by atoms with E-state index in [4.69, 9.17) is 9.84 Å². The van der Waals surface area contributed by atoms with E-state index in [0.717, 1.165) is 0 Å². The van der Waals surface area contributed by atoms with Gasteiger partial charge in [-0.05, 0) is 19.1 Å². The van der Waals surface area contributed by atoms with Crippen molar-refractivity contribution in [3.05, 3.63) is 46.2 Å². The Kier molecular flexibility index (Phi) is 3.65. The highest BCUT2D eigenvalue weighted by molar-refractivity contribution is 5.90. The highest BCUT2D eigenvalue weighted by atomic mass is 16.5. The summed E-state index contributed by atoms with van der Waals surface area (Å²) in [6.07, 6.45) is 0. The molecule has 1 aromatic carbocycles. The number of nitrogens with zero attached hydrogens (tertiary/aromatic N) is 2. The Bertz CT molecular complexity index is 644. The molecule has 0 unspecified atom stereocenters. The van der Waals surface area contributed by atoms with Crippen molar-refractivity contribution < 1.29 is 19.2 Å². The number of ether oxygens (including phenoxy) is 1. The topological polar surface area (TPSA) is 94.6 Å². The van der Waals surface area contributed by atoms with Crippen molar-refractivity contribution in [3.8, 4) is 5.75 Å². The van der Waals surface area contributed by atoms with Gasteiger partial charge in [-0.3, -0.25) is 9.09 Å². The monoisotopic (exact) mass is 264 g/mol. The molecule has 0 atom stereocenters. The van der Waals surface area contributed by atoms with E-state index in [1.165, 1.54) is 10.6 Å². The molecule has 1 heterocycles. The fourth-order valence-corrected chi connectivity index (χ4v) is 1.60. The molecule has 0 aliphatic carbocycles. The molecule has 0 saturated heterocycles. The molecule has 0 amide bonds. The number of hydrogen-bond donors (Lipinski definition) is 1. The van der Waals surface area contributed by atoms with Gasteiger partial charge in [-0.15, -0.1) is 0 Å². The van der Waals surface area contributed by atoms with E-state index in [9.17, 15) is 9.59 Å². The minimum absolute atomic E-state index is 0.0805. The lowest BCUT2D eigenvalue weighted by atomic mass is 10.2. The molecule has 0 fully saturated rings. The second-order valence-corrected chi connectivity index (χ2v) is 3.80. The lowest BCUT2D eigenvalue weighted by molar-refractivity contribution is 0.0692. The summed E-state index contributed by atoms with van der Waals surface area (Å²) >= 11 is 0. The third-order valence-electron chi connectivity index (χ3n) is 2.56. The smallest absolute Gasteiger partial charge is 0.441 e. The summed E-state index contributed by atoms with van der Waals surface area (Å²) in [6.45, 7) is 2.02. The number of para-hydroxylation sites is 1. The molecule has 2 aromatic rings. The second-order valence-electron chi connectivity index (χ2n) is 3.80. The summed E-state index contributed by atoms with van der Waals surface area (Å²) in [4.78, 5) is 22.2. The first-order valence-corrected chi connectivity index (χ1v) is 5.58. The first kappa shape index (κ1) is 12.9. The van der Waals surface area contributed by atoms with E-state index in [0.29, 0.717) is 5.82 Å². The Morgan fingerprint density at radius 1 is 1.47 bits per heavy atom. The van der Waals surface area contributed by atoms with Gasteiger partial charge in [-0.2, -0.15) is 0 Å². The van der Waals surface area contributed by atoms with Gasteiger partial charge in [0.2, 0.25) is 0 Å². The first-order chi connectivity index (χ1) is 9.09. The van der Waals surface area contributed by atoms with Gasteiger partial charge < -0.3 is 9.84 Å². The average Bonchev–Trinajstić information content (AvgIpc) is 2.70. The molecule has 0 saturated carbocycles. The van der Waals surface area contributed by atoms with Crippen LogP contribution in [-0.4, -0.2) is 27.4 Å². The van der Waals surface area contributed by atoms with Gasteiger partial charge in [0.05, 0.1) is 6.54 Å². The zero-order valence-electron chi connectivity index (χ0n) is 10.2. The van der Waals surface area contributed by atoms with Crippen molar-refractivity contribution in [1.29, 1.82) is 0 Å². The second kappa shape index (κ2) is 5.38. The summed E-state index contributed by atoms with van der Waals surface area (Å²) in [6, 6.07) is 6.31. The Balaban J connectivity index is 2.04. The van der Waals surface area contributed by atoms with Crippen molar-refractivity contribution in [3.63, 3.8) is 0 Å². The number of hydrogen-bond acceptors (Lipinski definition) is 5. The van der Waals surface area contributed by atoms with Crippen LogP contribution in [0.4, 0.5) is 0 Å². The average molecular weight is 264 g/mol. The summed E-state index contributed by atoms with van der Waals surface area (Å²) < 4.78 is 11.1.